The van der Waals surface area contributed by atoms with Gasteiger partial charge in [-0.25, -0.2) is 13.8 Å². The second kappa shape index (κ2) is 13.1. The zero-order valence-corrected chi connectivity index (χ0v) is 26.2. The molecule has 1 saturated heterocycles. The van der Waals surface area contributed by atoms with E-state index in [9.17, 15) is 5.11 Å². The van der Waals surface area contributed by atoms with Gasteiger partial charge in [-0.15, -0.1) is 0 Å². The van der Waals surface area contributed by atoms with Crippen LogP contribution >= 0.6 is 12.2 Å². The molecule has 2 aromatic heterocycles. The molecule has 0 saturated carbocycles. The number of pyridine rings is 1. The molecule has 1 aromatic carbocycles. The normalized spacial score (nSPS) is 17.4. The third-order valence-electron chi connectivity index (χ3n) is 7.21. The van der Waals surface area contributed by atoms with Crippen LogP contribution in [0.3, 0.4) is 0 Å². The summed E-state index contributed by atoms with van der Waals surface area (Å²) in [5.74, 6) is -1.85. The Morgan fingerprint density at radius 2 is 2.00 bits per heavy atom. The molecule has 12 heteroatoms. The lowest BCUT2D eigenvalue weighted by Gasteiger charge is -2.25. The average Bonchev–Trinajstić information content (AvgIpc) is 3.53. The molecule has 1 aliphatic rings. The number of anilines is 1. The van der Waals surface area contributed by atoms with E-state index in [1.165, 1.54) is 0 Å². The van der Waals surface area contributed by atoms with Crippen molar-refractivity contribution in [1.82, 2.24) is 14.9 Å². The molecule has 0 spiro atoms. The number of aliphatic hydroxyl groups is 1. The van der Waals surface area contributed by atoms with Crippen LogP contribution in [0.4, 0.5) is 14.5 Å². The third-order valence-corrected chi connectivity index (χ3v) is 9.16. The number of nitrogens with one attached hydrogen (secondary N) is 2. The SMILES string of the molecule is CC(C)c1cn(COCC[Si](C)(C)C)c2nccc(Oc3c(F)cc(NC(=S)NC[C@@]4(CO)CCOC4)cc3F)c12. The number of nitrogens with zero attached hydrogens (tertiary/aromatic N) is 2. The molecule has 1 atom stereocenters. The summed E-state index contributed by atoms with van der Waals surface area (Å²) in [4.78, 5) is 4.53. The number of hydrogen-bond acceptors (Lipinski definition) is 6. The van der Waals surface area contributed by atoms with Crippen molar-refractivity contribution in [3.8, 4) is 11.5 Å². The van der Waals surface area contributed by atoms with E-state index in [-0.39, 0.29) is 23.3 Å². The van der Waals surface area contributed by atoms with Crippen molar-refractivity contribution in [2.45, 2.75) is 58.6 Å². The van der Waals surface area contributed by atoms with Gasteiger partial charge in [-0.2, -0.15) is 0 Å². The largest absolute Gasteiger partial charge is 0.450 e. The number of ether oxygens (including phenoxy) is 3. The van der Waals surface area contributed by atoms with E-state index < -0.39 is 30.9 Å². The summed E-state index contributed by atoms with van der Waals surface area (Å²) >= 11 is 5.30. The molecule has 0 aliphatic carbocycles. The Kier molecular flexibility index (Phi) is 10.0. The summed E-state index contributed by atoms with van der Waals surface area (Å²) in [6.45, 7) is 13.3. The molecule has 0 amide bonds. The molecule has 1 fully saturated rings. The van der Waals surface area contributed by atoms with Crippen LogP contribution in [0.5, 0.6) is 11.5 Å². The Labute approximate surface area is 246 Å². The first-order valence-corrected chi connectivity index (χ1v) is 18.0. The molecular weight excluding hydrogens is 566 g/mol. The molecule has 3 aromatic rings. The molecule has 0 bridgehead atoms. The maximum Gasteiger partial charge on any atom is 0.198 e. The van der Waals surface area contributed by atoms with E-state index in [1.807, 2.05) is 24.6 Å². The van der Waals surface area contributed by atoms with Gasteiger partial charge < -0.3 is 34.5 Å². The number of halogens is 2. The van der Waals surface area contributed by atoms with Gasteiger partial charge in [0.1, 0.15) is 18.1 Å². The van der Waals surface area contributed by atoms with Gasteiger partial charge in [-0.05, 0) is 42.2 Å². The van der Waals surface area contributed by atoms with Crippen LogP contribution in [-0.2, 0) is 16.2 Å². The van der Waals surface area contributed by atoms with Crippen LogP contribution < -0.4 is 15.4 Å². The van der Waals surface area contributed by atoms with Crippen molar-refractivity contribution < 1.29 is 28.1 Å². The number of thiocarbonyl (C=S) groups is 1. The predicted octanol–water partition coefficient (Wildman–Crippen LogP) is 6.23. The van der Waals surface area contributed by atoms with Crippen molar-refractivity contribution in [2.75, 3.05) is 38.3 Å². The first kappa shape index (κ1) is 31.3. The first-order chi connectivity index (χ1) is 19.4. The van der Waals surface area contributed by atoms with E-state index in [0.29, 0.717) is 56.3 Å². The van der Waals surface area contributed by atoms with E-state index >= 15 is 8.78 Å². The van der Waals surface area contributed by atoms with Crippen molar-refractivity contribution in [1.29, 1.82) is 0 Å². The van der Waals surface area contributed by atoms with Crippen molar-refractivity contribution in [3.05, 3.63) is 47.8 Å². The van der Waals surface area contributed by atoms with E-state index in [2.05, 4.69) is 35.3 Å². The van der Waals surface area contributed by atoms with Crippen molar-refractivity contribution >= 4 is 42.1 Å². The molecule has 3 N–H and O–H groups in total. The Morgan fingerprint density at radius 3 is 2.61 bits per heavy atom. The molecule has 8 nitrogen and oxygen atoms in total. The minimum absolute atomic E-state index is 0.0479. The Bertz CT molecular complexity index is 1350. The number of aromatic nitrogens is 2. The van der Waals surface area contributed by atoms with Crippen molar-refractivity contribution in [3.63, 3.8) is 0 Å². The van der Waals surface area contributed by atoms with Crippen LogP contribution in [0, 0.1) is 17.0 Å². The smallest absolute Gasteiger partial charge is 0.198 e. The fraction of sp³-hybridized carbons (Fsp3) is 0.517. The second-order valence-corrected chi connectivity index (χ2v) is 18.2. The summed E-state index contributed by atoms with van der Waals surface area (Å²) < 4.78 is 49.5. The maximum absolute atomic E-state index is 15.2. The number of rotatable bonds is 12. The van der Waals surface area contributed by atoms with Crippen LogP contribution in [0.1, 0.15) is 31.7 Å². The Morgan fingerprint density at radius 1 is 1.27 bits per heavy atom. The Balaban J connectivity index is 1.50. The lowest BCUT2D eigenvalue weighted by atomic mass is 9.88. The van der Waals surface area contributed by atoms with Gasteiger partial charge in [0.15, 0.2) is 22.5 Å². The summed E-state index contributed by atoms with van der Waals surface area (Å²) in [7, 11) is -1.22. The van der Waals surface area contributed by atoms with Gasteiger partial charge in [-0.1, -0.05) is 33.5 Å². The second-order valence-electron chi connectivity index (χ2n) is 12.2. The molecule has 1 aliphatic heterocycles. The highest BCUT2D eigenvalue weighted by atomic mass is 32.1. The highest BCUT2D eigenvalue weighted by molar-refractivity contribution is 7.80. The van der Waals surface area contributed by atoms with Crippen LogP contribution in [0.2, 0.25) is 25.7 Å². The number of aliphatic hydroxyl groups excluding tert-OH is 1. The zero-order chi connectivity index (χ0) is 29.8. The summed E-state index contributed by atoms with van der Waals surface area (Å²) in [5.41, 5.74) is 1.28. The number of benzene rings is 1. The standard InChI is InChI=1S/C29H40F2N4O4SSi/c1-19(2)21-14-35(18-38-10-11-41(3,4)5)27-25(21)24(6-8-32-27)39-26-22(30)12-20(13-23(26)31)34-28(40)33-15-29(16-36)7-9-37-17-29/h6,8,12-14,19,36H,7,9-11,15-18H2,1-5H3,(H2,33,34,40)/t29-/m1/s1. The lowest BCUT2D eigenvalue weighted by molar-refractivity contribution is 0.0898. The van der Waals surface area contributed by atoms with Gasteiger partial charge in [0.2, 0.25) is 0 Å². The first-order valence-electron chi connectivity index (χ1n) is 13.9. The summed E-state index contributed by atoms with van der Waals surface area (Å²) in [6.07, 6.45) is 4.23. The zero-order valence-electron chi connectivity index (χ0n) is 24.4. The molecular formula is C29H40F2N4O4SSi. The van der Waals surface area contributed by atoms with Crippen LogP contribution in [-0.4, -0.2) is 60.8 Å². The highest BCUT2D eigenvalue weighted by Crippen LogP contribution is 2.38. The number of fused-ring (bicyclic) bond motifs is 1. The fourth-order valence-electron chi connectivity index (χ4n) is 4.63. The predicted molar refractivity (Wildman–Crippen MR) is 164 cm³/mol. The summed E-state index contributed by atoms with van der Waals surface area (Å²) in [5, 5.41) is 16.4. The molecule has 4 rings (SSSR count). The highest BCUT2D eigenvalue weighted by Gasteiger charge is 2.34. The van der Waals surface area contributed by atoms with Gasteiger partial charge in [-0.3, -0.25) is 0 Å². The van der Waals surface area contributed by atoms with E-state index in [1.54, 1.807) is 12.3 Å². The monoisotopic (exact) mass is 606 g/mol. The topological polar surface area (TPSA) is 89.8 Å². The Hall–Kier alpha value is -2.64. The minimum Gasteiger partial charge on any atom is -0.450 e. The lowest BCUT2D eigenvalue weighted by Crippen LogP contribution is -2.42. The molecule has 0 radical (unpaired) electrons. The molecule has 41 heavy (non-hydrogen) atoms. The quantitative estimate of drug-likeness (QED) is 0.127. The summed E-state index contributed by atoms with van der Waals surface area (Å²) in [6, 6.07) is 4.92. The molecule has 3 heterocycles. The number of hydrogen-bond donors (Lipinski definition) is 3. The molecule has 0 unspecified atom stereocenters. The van der Waals surface area contributed by atoms with Gasteiger partial charge in [0.05, 0.1) is 18.6 Å². The molecule has 224 valence electrons. The van der Waals surface area contributed by atoms with Gasteiger partial charge in [0, 0.05) is 63.5 Å². The van der Waals surface area contributed by atoms with E-state index in [0.717, 1.165) is 23.7 Å². The van der Waals surface area contributed by atoms with Gasteiger partial charge >= 0.3 is 0 Å². The fourth-order valence-corrected chi connectivity index (χ4v) is 5.58. The van der Waals surface area contributed by atoms with Crippen LogP contribution in [0.25, 0.3) is 11.0 Å². The van der Waals surface area contributed by atoms with Crippen molar-refractivity contribution in [2.24, 2.45) is 5.41 Å². The van der Waals surface area contributed by atoms with E-state index in [4.69, 9.17) is 26.4 Å². The maximum atomic E-state index is 15.2. The average molecular weight is 607 g/mol. The minimum atomic E-state index is -1.22. The van der Waals surface area contributed by atoms with Gasteiger partial charge in [0.25, 0.3) is 0 Å². The third kappa shape index (κ3) is 7.80. The van der Waals surface area contributed by atoms with Crippen LogP contribution in [0.15, 0.2) is 30.6 Å².